The van der Waals surface area contributed by atoms with Crippen LogP contribution in [0, 0.1) is 6.92 Å². The van der Waals surface area contributed by atoms with Crippen molar-refractivity contribution in [2.45, 2.75) is 39.0 Å². The Kier molecular flexibility index (Phi) is 5.40. The van der Waals surface area contributed by atoms with E-state index in [9.17, 15) is 18.0 Å². The van der Waals surface area contributed by atoms with Gasteiger partial charge in [-0.05, 0) is 67.3 Å². The summed E-state index contributed by atoms with van der Waals surface area (Å²) >= 11 is 3.48. The molecule has 1 aliphatic rings. The van der Waals surface area contributed by atoms with E-state index >= 15 is 0 Å². The number of fused-ring (bicyclic) bond motifs is 3. The highest BCUT2D eigenvalue weighted by molar-refractivity contribution is 9.10. The first-order chi connectivity index (χ1) is 14.2. The average Bonchev–Trinajstić information content (AvgIpc) is 3.00. The summed E-state index contributed by atoms with van der Waals surface area (Å²) < 4.78 is 47.9. The molecule has 3 aromatic rings. The molecule has 0 aliphatic carbocycles. The molecule has 1 N–H and O–H groups in total. The largest absolute Gasteiger partial charge is 0.416 e. The molecule has 0 radical (unpaired) electrons. The van der Waals surface area contributed by atoms with Crippen molar-refractivity contribution >= 4 is 38.6 Å². The molecule has 4 rings (SSSR count). The summed E-state index contributed by atoms with van der Waals surface area (Å²) in [6, 6.07) is 8.66. The van der Waals surface area contributed by atoms with Gasteiger partial charge >= 0.3 is 12.2 Å². The van der Waals surface area contributed by atoms with E-state index in [1.165, 1.54) is 6.07 Å². The van der Waals surface area contributed by atoms with E-state index in [4.69, 9.17) is 4.74 Å². The van der Waals surface area contributed by atoms with Gasteiger partial charge in [-0.2, -0.15) is 13.2 Å². The van der Waals surface area contributed by atoms with E-state index in [1.807, 2.05) is 25.1 Å². The van der Waals surface area contributed by atoms with Crippen LogP contribution in [0.1, 0.15) is 41.8 Å². The molecule has 158 valence electrons. The second-order valence-electron chi connectivity index (χ2n) is 7.39. The quantitative estimate of drug-likeness (QED) is 0.436. The van der Waals surface area contributed by atoms with Crippen molar-refractivity contribution < 1.29 is 22.7 Å². The van der Waals surface area contributed by atoms with Gasteiger partial charge in [-0.3, -0.25) is 4.57 Å². The normalized spacial score (nSPS) is 16.5. The van der Waals surface area contributed by atoms with Crippen LogP contribution in [0.5, 0.6) is 0 Å². The number of carbonyl (C=O) groups excluding carboxylic acids is 1. The summed E-state index contributed by atoms with van der Waals surface area (Å²) in [4.78, 5) is 13.3. The standard InChI is InChI=1S/C22H20BrF3N2O2/c1-3-19-20-16(6-7-30-19)17-11-14(23)4-5-18(17)28(20)21(29)27-15-9-12(2)8-13(10-15)22(24,25)26/h4-5,8-11,19H,3,6-7H2,1-2H3,(H,27,29)/t19-/m0/s1. The number of aromatic nitrogens is 1. The molecule has 0 unspecified atom stereocenters. The van der Waals surface area contributed by atoms with Crippen molar-refractivity contribution in [2.75, 3.05) is 11.9 Å². The highest BCUT2D eigenvalue weighted by Gasteiger charge is 2.32. The highest BCUT2D eigenvalue weighted by Crippen LogP contribution is 2.38. The summed E-state index contributed by atoms with van der Waals surface area (Å²) in [5, 5.41) is 3.60. The number of ether oxygens (including phenoxy) is 1. The number of carbonyl (C=O) groups is 1. The van der Waals surface area contributed by atoms with Gasteiger partial charge in [0.15, 0.2) is 0 Å². The van der Waals surface area contributed by atoms with Crippen molar-refractivity contribution in [1.82, 2.24) is 4.57 Å². The molecule has 1 atom stereocenters. The smallest absolute Gasteiger partial charge is 0.372 e. The number of hydrogen-bond acceptors (Lipinski definition) is 2. The molecule has 8 heteroatoms. The van der Waals surface area contributed by atoms with Gasteiger partial charge in [-0.15, -0.1) is 0 Å². The number of aryl methyl sites for hydroxylation is 1. The van der Waals surface area contributed by atoms with Crippen LogP contribution >= 0.6 is 15.9 Å². The Morgan fingerprint density at radius 1 is 1.27 bits per heavy atom. The lowest BCUT2D eigenvalue weighted by Gasteiger charge is -2.25. The first-order valence-corrected chi connectivity index (χ1v) is 10.4. The molecule has 4 nitrogen and oxygen atoms in total. The number of nitrogens with one attached hydrogen (secondary N) is 1. The summed E-state index contributed by atoms with van der Waals surface area (Å²) in [7, 11) is 0. The Labute approximate surface area is 180 Å². The van der Waals surface area contributed by atoms with Crippen LogP contribution in [0.2, 0.25) is 0 Å². The average molecular weight is 481 g/mol. The number of alkyl halides is 3. The van der Waals surface area contributed by atoms with Crippen molar-refractivity contribution in [3.63, 3.8) is 0 Å². The maximum absolute atomic E-state index is 13.3. The van der Waals surface area contributed by atoms with Gasteiger partial charge in [-0.25, -0.2) is 4.79 Å². The zero-order valence-electron chi connectivity index (χ0n) is 16.4. The third kappa shape index (κ3) is 3.74. The predicted octanol–water partition coefficient (Wildman–Crippen LogP) is 6.84. The van der Waals surface area contributed by atoms with Crippen LogP contribution < -0.4 is 5.32 Å². The Balaban J connectivity index is 1.82. The molecule has 30 heavy (non-hydrogen) atoms. The second kappa shape index (κ2) is 7.74. The predicted molar refractivity (Wildman–Crippen MR) is 113 cm³/mol. The summed E-state index contributed by atoms with van der Waals surface area (Å²) in [6.45, 7) is 4.10. The molecule has 0 fully saturated rings. The molecular formula is C22H20BrF3N2O2. The topological polar surface area (TPSA) is 43.3 Å². The van der Waals surface area contributed by atoms with Crippen molar-refractivity contribution in [1.29, 1.82) is 0 Å². The summed E-state index contributed by atoms with van der Waals surface area (Å²) in [5.41, 5.74) is 2.23. The van der Waals surface area contributed by atoms with Crippen molar-refractivity contribution in [3.8, 4) is 0 Å². The molecule has 1 aromatic heterocycles. The van der Waals surface area contributed by atoms with E-state index in [2.05, 4.69) is 21.2 Å². The third-order valence-electron chi connectivity index (χ3n) is 5.28. The van der Waals surface area contributed by atoms with Gasteiger partial charge in [0.05, 0.1) is 29.5 Å². The fraction of sp³-hybridized carbons (Fsp3) is 0.318. The lowest BCUT2D eigenvalue weighted by molar-refractivity contribution is -0.137. The van der Waals surface area contributed by atoms with Gasteiger partial charge in [-0.1, -0.05) is 22.9 Å². The molecule has 1 amide bonds. The first-order valence-electron chi connectivity index (χ1n) is 9.63. The second-order valence-corrected chi connectivity index (χ2v) is 8.31. The zero-order valence-corrected chi connectivity index (χ0v) is 18.0. The van der Waals surface area contributed by atoms with Gasteiger partial charge in [0.2, 0.25) is 0 Å². The molecule has 0 saturated carbocycles. The van der Waals surface area contributed by atoms with Gasteiger partial charge in [0.25, 0.3) is 0 Å². The Morgan fingerprint density at radius 2 is 2.03 bits per heavy atom. The van der Waals surface area contributed by atoms with E-state index in [0.717, 1.165) is 33.2 Å². The molecule has 0 spiro atoms. The number of nitrogens with zero attached hydrogens (tertiary/aromatic N) is 1. The minimum atomic E-state index is -4.49. The maximum Gasteiger partial charge on any atom is 0.416 e. The van der Waals surface area contributed by atoms with Crippen LogP contribution in [-0.4, -0.2) is 17.2 Å². The first kappa shape index (κ1) is 20.9. The fourth-order valence-corrected chi connectivity index (χ4v) is 4.42. The van der Waals surface area contributed by atoms with Crippen LogP contribution in [-0.2, 0) is 17.3 Å². The van der Waals surface area contributed by atoms with E-state index in [1.54, 1.807) is 11.5 Å². The van der Waals surface area contributed by atoms with Gasteiger partial charge in [0, 0.05) is 15.5 Å². The maximum atomic E-state index is 13.3. The Morgan fingerprint density at radius 3 is 2.73 bits per heavy atom. The number of amides is 1. The molecule has 1 aliphatic heterocycles. The molecule has 0 saturated heterocycles. The highest BCUT2D eigenvalue weighted by atomic mass is 79.9. The van der Waals surface area contributed by atoms with Crippen molar-refractivity contribution in [2.24, 2.45) is 0 Å². The monoisotopic (exact) mass is 480 g/mol. The van der Waals surface area contributed by atoms with E-state index in [-0.39, 0.29) is 11.8 Å². The lowest BCUT2D eigenvalue weighted by atomic mass is 10.0. The number of hydrogen-bond donors (Lipinski definition) is 1. The third-order valence-corrected chi connectivity index (χ3v) is 5.77. The molecule has 2 aromatic carbocycles. The Hall–Kier alpha value is -2.32. The fourth-order valence-electron chi connectivity index (χ4n) is 4.06. The SMILES string of the molecule is CC[C@@H]1OCCc2c1n(C(=O)Nc1cc(C)cc(C(F)(F)F)c1)c1ccc(Br)cc21. The number of rotatable bonds is 2. The van der Waals surface area contributed by atoms with Crippen LogP contribution in [0.25, 0.3) is 10.9 Å². The van der Waals surface area contributed by atoms with Gasteiger partial charge < -0.3 is 10.1 Å². The Bertz CT molecular complexity index is 1140. The van der Waals surface area contributed by atoms with Crippen LogP contribution in [0.15, 0.2) is 40.9 Å². The minimum Gasteiger partial charge on any atom is -0.372 e. The minimum absolute atomic E-state index is 0.102. The van der Waals surface area contributed by atoms with Gasteiger partial charge in [0.1, 0.15) is 0 Å². The van der Waals surface area contributed by atoms with Crippen LogP contribution in [0.3, 0.4) is 0 Å². The number of anilines is 1. The zero-order chi connectivity index (χ0) is 21.6. The number of benzene rings is 2. The van der Waals surface area contributed by atoms with E-state index < -0.39 is 17.8 Å². The molecule has 0 bridgehead atoms. The summed E-state index contributed by atoms with van der Waals surface area (Å²) in [6.07, 6.45) is -3.39. The van der Waals surface area contributed by atoms with Crippen LogP contribution in [0.4, 0.5) is 23.7 Å². The number of halogens is 4. The summed E-state index contributed by atoms with van der Waals surface area (Å²) in [5.74, 6) is 0. The molecular weight excluding hydrogens is 461 g/mol. The van der Waals surface area contributed by atoms with E-state index in [0.29, 0.717) is 30.5 Å². The lowest BCUT2D eigenvalue weighted by Crippen LogP contribution is -2.26. The molecule has 2 heterocycles. The van der Waals surface area contributed by atoms with Crippen molar-refractivity contribution in [3.05, 3.63) is 63.3 Å².